The molecule has 0 bridgehead atoms. The second kappa shape index (κ2) is 12.5. The predicted molar refractivity (Wildman–Crippen MR) is 143 cm³/mol. The molecule has 0 radical (unpaired) electrons. The molecule has 1 aliphatic rings. The fourth-order valence-electron chi connectivity index (χ4n) is 4.69. The molecule has 0 saturated carbocycles. The number of aliphatic hydroxyl groups excluding tert-OH is 1. The van der Waals surface area contributed by atoms with Gasteiger partial charge in [0.25, 0.3) is 0 Å². The molecule has 1 N–H and O–H groups in total. The number of likely N-dealkylation sites (tertiary alicyclic amines) is 1. The second-order valence-corrected chi connectivity index (χ2v) is 16.0. The molecule has 188 valence electrons. The van der Waals surface area contributed by atoms with E-state index >= 15 is 0 Å². The molecule has 4 nitrogen and oxygen atoms in total. The third-order valence-corrected chi connectivity index (χ3v) is 12.4. The van der Waals surface area contributed by atoms with Crippen LogP contribution in [-0.4, -0.2) is 50.7 Å². The van der Waals surface area contributed by atoms with E-state index in [4.69, 9.17) is 9.16 Å². The van der Waals surface area contributed by atoms with Crippen LogP contribution in [0.4, 0.5) is 0 Å². The average molecular weight is 484 g/mol. The van der Waals surface area contributed by atoms with E-state index < -0.39 is 8.32 Å². The van der Waals surface area contributed by atoms with Crippen LogP contribution < -0.4 is 0 Å². The maximum Gasteiger partial charge on any atom is 0.191 e. The maximum atomic E-state index is 10.4. The summed E-state index contributed by atoms with van der Waals surface area (Å²) in [5, 5.41) is 10.6. The summed E-state index contributed by atoms with van der Waals surface area (Å²) in [4.78, 5) is 2.53. The van der Waals surface area contributed by atoms with Crippen LogP contribution >= 0.6 is 0 Å². The fourth-order valence-corrected chi connectivity index (χ4v) is 5.76. The standard InChI is InChI=1S/C29H45NO3Si/c1-29(2,3)34(4,5)33-23-26-18-19-30(28(21-31)25-15-10-7-11-16-25)27(26)17-12-20-32-22-24-13-8-6-9-14-24/h6-11,13-16,26-28,31H,12,17-23H2,1-5H3/t26-,27+,28+/m1/s1. The number of aliphatic hydroxyl groups is 1. The SMILES string of the molecule is CC(C)(C)[Si](C)(C)OC[C@H]1CCN([C@@H](CO)c2ccccc2)[C@H]1CCCOCc1ccccc1. The quantitative estimate of drug-likeness (QED) is 0.279. The first kappa shape index (κ1) is 27.1. The first-order valence-corrected chi connectivity index (χ1v) is 15.8. The van der Waals surface area contributed by atoms with Crippen LogP contribution in [0.5, 0.6) is 0 Å². The van der Waals surface area contributed by atoms with Crippen molar-refractivity contribution in [1.82, 2.24) is 4.90 Å². The Kier molecular flexibility index (Phi) is 9.92. The number of rotatable bonds is 12. The van der Waals surface area contributed by atoms with E-state index in [0.29, 0.717) is 18.6 Å². The number of hydrogen-bond acceptors (Lipinski definition) is 4. The average Bonchev–Trinajstić information content (AvgIpc) is 3.21. The van der Waals surface area contributed by atoms with Gasteiger partial charge in [0.05, 0.1) is 19.3 Å². The summed E-state index contributed by atoms with van der Waals surface area (Å²) in [5.41, 5.74) is 2.41. The van der Waals surface area contributed by atoms with Gasteiger partial charge < -0.3 is 14.3 Å². The maximum absolute atomic E-state index is 10.4. The number of benzene rings is 2. The third-order valence-electron chi connectivity index (χ3n) is 7.85. The van der Waals surface area contributed by atoms with Crippen LogP contribution in [0.25, 0.3) is 0 Å². The molecule has 3 rings (SSSR count). The van der Waals surface area contributed by atoms with Gasteiger partial charge in [-0.15, -0.1) is 0 Å². The van der Waals surface area contributed by atoms with E-state index in [1.54, 1.807) is 0 Å². The van der Waals surface area contributed by atoms with E-state index in [-0.39, 0.29) is 17.7 Å². The van der Waals surface area contributed by atoms with E-state index in [1.807, 2.05) is 12.1 Å². The Bertz CT molecular complexity index is 837. The zero-order valence-electron chi connectivity index (χ0n) is 21.9. The molecule has 2 aromatic rings. The summed E-state index contributed by atoms with van der Waals surface area (Å²) in [6.07, 6.45) is 3.19. The van der Waals surface area contributed by atoms with Crippen molar-refractivity contribution in [3.63, 3.8) is 0 Å². The lowest BCUT2D eigenvalue weighted by molar-refractivity contribution is 0.0712. The topological polar surface area (TPSA) is 41.9 Å². The first-order valence-electron chi connectivity index (χ1n) is 12.9. The minimum Gasteiger partial charge on any atom is -0.416 e. The van der Waals surface area contributed by atoms with Gasteiger partial charge >= 0.3 is 0 Å². The third kappa shape index (κ3) is 7.25. The van der Waals surface area contributed by atoms with Gasteiger partial charge in [0, 0.05) is 19.3 Å². The molecule has 2 aromatic carbocycles. The highest BCUT2D eigenvalue weighted by molar-refractivity contribution is 6.74. The summed E-state index contributed by atoms with van der Waals surface area (Å²) in [6.45, 7) is 15.0. The summed E-state index contributed by atoms with van der Waals surface area (Å²) < 4.78 is 12.7. The minimum atomic E-state index is -1.80. The van der Waals surface area contributed by atoms with Crippen LogP contribution in [0.3, 0.4) is 0 Å². The van der Waals surface area contributed by atoms with Crippen molar-refractivity contribution >= 4 is 8.32 Å². The molecule has 1 saturated heterocycles. The van der Waals surface area contributed by atoms with E-state index in [9.17, 15) is 5.11 Å². The summed E-state index contributed by atoms with van der Waals surface area (Å²) >= 11 is 0. The Morgan fingerprint density at radius 3 is 2.29 bits per heavy atom. The van der Waals surface area contributed by atoms with Crippen molar-refractivity contribution in [3.05, 3.63) is 71.8 Å². The predicted octanol–water partition coefficient (Wildman–Crippen LogP) is 6.43. The molecule has 0 aromatic heterocycles. The first-order chi connectivity index (χ1) is 16.2. The molecule has 1 heterocycles. The smallest absolute Gasteiger partial charge is 0.191 e. The molecule has 1 fully saturated rings. The van der Waals surface area contributed by atoms with Gasteiger partial charge in [0.15, 0.2) is 8.32 Å². The highest BCUT2D eigenvalue weighted by Crippen LogP contribution is 2.39. The van der Waals surface area contributed by atoms with E-state index in [1.165, 1.54) is 11.1 Å². The zero-order chi connectivity index (χ0) is 24.6. The Hall–Kier alpha value is -1.50. The van der Waals surface area contributed by atoms with Crippen LogP contribution in [0.2, 0.25) is 18.1 Å². The normalized spacial score (nSPS) is 20.5. The van der Waals surface area contributed by atoms with E-state index in [0.717, 1.165) is 39.0 Å². The molecular weight excluding hydrogens is 438 g/mol. The molecule has 3 atom stereocenters. The molecule has 1 aliphatic heterocycles. The van der Waals surface area contributed by atoms with E-state index in [2.05, 4.69) is 87.3 Å². The van der Waals surface area contributed by atoms with Crippen LogP contribution in [0.15, 0.2) is 60.7 Å². The number of ether oxygens (including phenoxy) is 1. The highest BCUT2D eigenvalue weighted by atomic mass is 28.4. The van der Waals surface area contributed by atoms with Gasteiger partial charge in [-0.1, -0.05) is 81.4 Å². The summed E-state index contributed by atoms with van der Waals surface area (Å²) in [5.74, 6) is 0.487. The Labute approximate surface area is 208 Å². The van der Waals surface area contributed by atoms with Crippen molar-refractivity contribution in [2.24, 2.45) is 5.92 Å². The van der Waals surface area contributed by atoms with Crippen LogP contribution in [0.1, 0.15) is 57.2 Å². The molecule has 34 heavy (non-hydrogen) atoms. The van der Waals surface area contributed by atoms with Gasteiger partial charge in [-0.25, -0.2) is 0 Å². The lowest BCUT2D eigenvalue weighted by Crippen LogP contribution is -2.44. The summed E-state index contributed by atoms with van der Waals surface area (Å²) in [7, 11) is -1.80. The lowest BCUT2D eigenvalue weighted by Gasteiger charge is -2.39. The van der Waals surface area contributed by atoms with Crippen molar-refractivity contribution in [2.75, 3.05) is 26.4 Å². The summed E-state index contributed by atoms with van der Waals surface area (Å²) in [6, 6.07) is 21.3. The van der Waals surface area contributed by atoms with Crippen LogP contribution in [-0.2, 0) is 15.8 Å². The van der Waals surface area contributed by atoms with Crippen molar-refractivity contribution < 1.29 is 14.3 Å². The van der Waals surface area contributed by atoms with Crippen molar-refractivity contribution in [3.8, 4) is 0 Å². The number of nitrogens with zero attached hydrogens (tertiary/aromatic N) is 1. The van der Waals surface area contributed by atoms with Gasteiger partial charge in [-0.2, -0.15) is 0 Å². The lowest BCUT2D eigenvalue weighted by atomic mass is 9.95. The molecule has 0 amide bonds. The van der Waals surface area contributed by atoms with Crippen molar-refractivity contribution in [1.29, 1.82) is 0 Å². The number of hydrogen-bond donors (Lipinski definition) is 1. The molecule has 0 aliphatic carbocycles. The minimum absolute atomic E-state index is 0.0364. The molecule has 0 unspecified atom stereocenters. The zero-order valence-corrected chi connectivity index (χ0v) is 22.9. The van der Waals surface area contributed by atoms with Gasteiger partial charge in [-0.05, 0) is 61.0 Å². The Morgan fingerprint density at radius 2 is 1.68 bits per heavy atom. The molecule has 0 spiro atoms. The van der Waals surface area contributed by atoms with Gasteiger partial charge in [-0.3, -0.25) is 4.90 Å². The molecular formula is C29H45NO3Si. The van der Waals surface area contributed by atoms with Gasteiger partial charge in [0.2, 0.25) is 0 Å². The monoisotopic (exact) mass is 483 g/mol. The highest BCUT2D eigenvalue weighted by Gasteiger charge is 2.41. The largest absolute Gasteiger partial charge is 0.416 e. The molecule has 5 heteroatoms. The second-order valence-electron chi connectivity index (χ2n) is 11.2. The fraction of sp³-hybridized carbons (Fsp3) is 0.586. The van der Waals surface area contributed by atoms with Crippen LogP contribution in [0, 0.1) is 5.92 Å². The van der Waals surface area contributed by atoms with Crippen molar-refractivity contribution in [2.45, 2.75) is 76.9 Å². The van der Waals surface area contributed by atoms with Gasteiger partial charge in [0.1, 0.15) is 0 Å². The Morgan fingerprint density at radius 1 is 1.03 bits per heavy atom. The Balaban J connectivity index is 1.64.